The van der Waals surface area contributed by atoms with Gasteiger partial charge in [-0.2, -0.15) is 0 Å². The van der Waals surface area contributed by atoms with E-state index in [0.717, 1.165) is 32.7 Å². The Morgan fingerprint density at radius 2 is 1.54 bits per heavy atom. The van der Waals surface area contributed by atoms with E-state index in [4.69, 9.17) is 9.47 Å². The lowest BCUT2D eigenvalue weighted by Gasteiger charge is -2.06. The van der Waals surface area contributed by atoms with Crippen LogP contribution < -0.4 is 5.32 Å². The topological polar surface area (TPSA) is 30.5 Å². The summed E-state index contributed by atoms with van der Waals surface area (Å²) in [7, 11) is 0. The molecule has 0 heterocycles. The van der Waals surface area contributed by atoms with Crippen molar-refractivity contribution in [1.82, 2.24) is 5.32 Å². The second-order valence-corrected chi connectivity index (χ2v) is 4.94. The second kappa shape index (κ2) is 30.0. The van der Waals surface area contributed by atoms with Gasteiger partial charge in [0, 0.05) is 19.8 Å². The molecule has 0 aliphatic rings. The number of hydrogen-bond donors (Lipinski definition) is 1. The maximum absolute atomic E-state index is 5.45. The maximum Gasteiger partial charge on any atom is 0.0700 e. The fraction of sp³-hybridized carbons (Fsp3) is 0.714. The molecule has 3 nitrogen and oxygen atoms in total. The van der Waals surface area contributed by atoms with Crippen molar-refractivity contribution in [1.29, 1.82) is 0 Å². The van der Waals surface area contributed by atoms with Crippen molar-refractivity contribution in [3.05, 3.63) is 37.0 Å². The molecule has 0 aromatic rings. The van der Waals surface area contributed by atoms with Crippen molar-refractivity contribution in [3.63, 3.8) is 0 Å². The third-order valence-corrected chi connectivity index (χ3v) is 2.64. The highest BCUT2D eigenvalue weighted by atomic mass is 16.5. The number of allylic oxidation sites excluding steroid dienone is 2. The zero-order chi connectivity index (χ0) is 18.9. The monoisotopic (exact) mass is 341 g/mol. The molecule has 0 saturated heterocycles. The van der Waals surface area contributed by atoms with Crippen LogP contribution in [0.15, 0.2) is 37.0 Å². The van der Waals surface area contributed by atoms with Gasteiger partial charge in [0.05, 0.1) is 13.2 Å². The van der Waals surface area contributed by atoms with Crippen LogP contribution in [0.5, 0.6) is 0 Å². The van der Waals surface area contributed by atoms with Gasteiger partial charge in [-0.3, -0.25) is 0 Å². The van der Waals surface area contributed by atoms with Crippen LogP contribution in [0.1, 0.15) is 60.3 Å². The summed E-state index contributed by atoms with van der Waals surface area (Å²) < 4.78 is 10.6. The number of rotatable bonds is 14. The third-order valence-electron chi connectivity index (χ3n) is 2.64. The van der Waals surface area contributed by atoms with Crippen LogP contribution in [0.2, 0.25) is 0 Å². The molecule has 0 aromatic heterocycles. The summed E-state index contributed by atoms with van der Waals surface area (Å²) in [4.78, 5) is 0. The normalized spacial score (nSPS) is 10.1. The maximum atomic E-state index is 5.45. The van der Waals surface area contributed by atoms with E-state index in [9.17, 15) is 0 Å². The van der Waals surface area contributed by atoms with Gasteiger partial charge in [0.25, 0.3) is 0 Å². The van der Waals surface area contributed by atoms with Crippen LogP contribution in [-0.2, 0) is 9.47 Å². The molecule has 0 aliphatic heterocycles. The first-order valence-corrected chi connectivity index (χ1v) is 9.56. The molecule has 0 radical (unpaired) electrons. The summed E-state index contributed by atoms with van der Waals surface area (Å²) in [6.07, 6.45) is 10.4. The summed E-state index contributed by atoms with van der Waals surface area (Å²) in [5.41, 5.74) is 1.18. The van der Waals surface area contributed by atoms with Crippen LogP contribution in [0, 0.1) is 0 Å². The van der Waals surface area contributed by atoms with Crippen LogP contribution >= 0.6 is 0 Å². The highest BCUT2D eigenvalue weighted by molar-refractivity contribution is 5.22. The molecule has 1 N–H and O–H groups in total. The number of nitrogens with one attached hydrogen (secondary N) is 1. The van der Waals surface area contributed by atoms with Gasteiger partial charge < -0.3 is 14.8 Å². The smallest absolute Gasteiger partial charge is 0.0700 e. The Labute approximate surface area is 152 Å². The van der Waals surface area contributed by atoms with Crippen LogP contribution in [0.25, 0.3) is 0 Å². The molecule has 0 spiro atoms. The summed E-state index contributed by atoms with van der Waals surface area (Å²) in [5, 5.41) is 3.39. The Bertz CT molecular complexity index is 263. The fourth-order valence-corrected chi connectivity index (χ4v) is 1.58. The van der Waals surface area contributed by atoms with Gasteiger partial charge in [0.2, 0.25) is 0 Å². The van der Waals surface area contributed by atoms with Crippen molar-refractivity contribution in [2.45, 2.75) is 60.3 Å². The Balaban J connectivity index is -0.000000786. The minimum Gasteiger partial charge on any atom is -0.379 e. The SMILES string of the molecule is C=C/C=C(\C=C)CNCCCCCOCCOCC.CC.CCC. The van der Waals surface area contributed by atoms with Gasteiger partial charge >= 0.3 is 0 Å². The highest BCUT2D eigenvalue weighted by Gasteiger charge is 1.93. The highest BCUT2D eigenvalue weighted by Crippen LogP contribution is 1.97. The van der Waals surface area contributed by atoms with E-state index in [-0.39, 0.29) is 0 Å². The van der Waals surface area contributed by atoms with Gasteiger partial charge in [-0.15, -0.1) is 0 Å². The van der Waals surface area contributed by atoms with Crippen LogP contribution in [-0.4, -0.2) is 39.5 Å². The van der Waals surface area contributed by atoms with E-state index in [0.29, 0.717) is 13.2 Å². The van der Waals surface area contributed by atoms with E-state index in [1.165, 1.54) is 24.8 Å². The summed E-state index contributed by atoms with van der Waals surface area (Å²) in [6.45, 7) is 22.6. The standard InChI is InChI=1S/C16H29NO2.C3H8.C2H6/c1-4-10-16(5-2)15-17-11-8-7-9-12-19-14-13-18-6-3;1-3-2;1-2/h4-5,10,17H,1-2,6-9,11-15H2,3H3;3H2,1-2H3;1-2H3/b16-10+;;. The zero-order valence-corrected chi connectivity index (χ0v) is 17.0. The molecule has 3 heteroatoms. The molecule has 0 rings (SSSR count). The zero-order valence-electron chi connectivity index (χ0n) is 17.0. The lowest BCUT2D eigenvalue weighted by Crippen LogP contribution is -2.17. The quantitative estimate of drug-likeness (QED) is 0.332. The first-order chi connectivity index (χ1) is 11.8. The summed E-state index contributed by atoms with van der Waals surface area (Å²) in [5.74, 6) is 0. The molecular weight excluding hydrogens is 298 g/mol. The number of ether oxygens (including phenoxy) is 2. The molecule has 24 heavy (non-hydrogen) atoms. The Morgan fingerprint density at radius 3 is 2.08 bits per heavy atom. The minimum absolute atomic E-state index is 0.706. The minimum atomic E-state index is 0.706. The van der Waals surface area contributed by atoms with Crippen LogP contribution in [0.4, 0.5) is 0 Å². The van der Waals surface area contributed by atoms with E-state index in [2.05, 4.69) is 32.3 Å². The molecule has 0 aliphatic carbocycles. The van der Waals surface area contributed by atoms with E-state index in [1.54, 1.807) is 6.08 Å². The Kier molecular flexibility index (Phi) is 34.9. The predicted molar refractivity (Wildman–Crippen MR) is 110 cm³/mol. The third kappa shape index (κ3) is 29.2. The molecule has 0 fully saturated rings. The molecule has 0 saturated carbocycles. The first kappa shape index (κ1) is 27.9. The Hall–Kier alpha value is -0.900. The van der Waals surface area contributed by atoms with Crippen molar-refractivity contribution in [2.24, 2.45) is 0 Å². The average Bonchev–Trinajstić information content (AvgIpc) is 2.61. The fourth-order valence-electron chi connectivity index (χ4n) is 1.58. The molecular formula is C21H43NO2. The van der Waals surface area contributed by atoms with Gasteiger partial charge in [-0.1, -0.05) is 65.5 Å². The largest absolute Gasteiger partial charge is 0.379 e. The van der Waals surface area contributed by atoms with Crippen molar-refractivity contribution in [2.75, 3.05) is 39.5 Å². The molecule has 0 unspecified atom stereocenters. The predicted octanol–water partition coefficient (Wildman–Crippen LogP) is 5.54. The lowest BCUT2D eigenvalue weighted by molar-refractivity contribution is 0.0513. The molecule has 144 valence electrons. The molecule has 0 atom stereocenters. The second-order valence-electron chi connectivity index (χ2n) is 4.94. The van der Waals surface area contributed by atoms with Gasteiger partial charge in [-0.25, -0.2) is 0 Å². The molecule has 0 amide bonds. The van der Waals surface area contributed by atoms with E-state index in [1.807, 2.05) is 32.9 Å². The van der Waals surface area contributed by atoms with Gasteiger partial charge in [0.15, 0.2) is 0 Å². The van der Waals surface area contributed by atoms with Crippen LogP contribution in [0.3, 0.4) is 0 Å². The van der Waals surface area contributed by atoms with E-state index >= 15 is 0 Å². The molecule has 0 bridgehead atoms. The summed E-state index contributed by atoms with van der Waals surface area (Å²) in [6, 6.07) is 0. The van der Waals surface area contributed by atoms with Crippen molar-refractivity contribution >= 4 is 0 Å². The first-order valence-electron chi connectivity index (χ1n) is 9.56. The van der Waals surface area contributed by atoms with Gasteiger partial charge in [-0.05, 0) is 38.3 Å². The summed E-state index contributed by atoms with van der Waals surface area (Å²) >= 11 is 0. The molecule has 0 aromatic carbocycles. The number of hydrogen-bond acceptors (Lipinski definition) is 3. The van der Waals surface area contributed by atoms with E-state index < -0.39 is 0 Å². The number of unbranched alkanes of at least 4 members (excludes halogenated alkanes) is 2. The van der Waals surface area contributed by atoms with Gasteiger partial charge in [0.1, 0.15) is 0 Å². The van der Waals surface area contributed by atoms with Crippen molar-refractivity contribution < 1.29 is 9.47 Å². The van der Waals surface area contributed by atoms with Crippen molar-refractivity contribution in [3.8, 4) is 0 Å². The lowest BCUT2D eigenvalue weighted by atomic mass is 10.2. The Morgan fingerprint density at radius 1 is 0.917 bits per heavy atom. The average molecular weight is 342 g/mol.